The maximum absolute atomic E-state index is 12.0. The highest BCUT2D eigenvalue weighted by Gasteiger charge is 2.34. The number of hydrogen-bond acceptors (Lipinski definition) is 4. The number of piperidine rings is 1. The number of nitrogens with zero attached hydrogens (tertiary/aromatic N) is 3. The molecule has 2 bridgehead atoms. The first kappa shape index (κ1) is 11.8. The number of ketones is 1. The molecule has 0 radical (unpaired) electrons. The number of nitrogens with one attached hydrogen (secondary N) is 1. The van der Waals surface area contributed by atoms with Crippen LogP contribution in [0.25, 0.3) is 0 Å². The fourth-order valence-corrected chi connectivity index (χ4v) is 3.41. The third-order valence-corrected chi connectivity index (χ3v) is 4.12. The summed E-state index contributed by atoms with van der Waals surface area (Å²) in [6.07, 6.45) is 7.90. The van der Waals surface area contributed by atoms with Gasteiger partial charge in [-0.3, -0.25) is 9.48 Å². The zero-order valence-electron chi connectivity index (χ0n) is 10.8. The third-order valence-electron chi connectivity index (χ3n) is 4.12. The summed E-state index contributed by atoms with van der Waals surface area (Å²) in [6.45, 7) is 0. The van der Waals surface area contributed by atoms with E-state index >= 15 is 0 Å². The highest BCUT2D eigenvalue weighted by Crippen LogP contribution is 2.32. The molecule has 98 valence electrons. The van der Waals surface area contributed by atoms with Crippen molar-refractivity contribution in [2.75, 3.05) is 0 Å². The van der Waals surface area contributed by atoms with Gasteiger partial charge in [-0.2, -0.15) is 0 Å². The van der Waals surface area contributed by atoms with E-state index in [2.05, 4.69) is 15.6 Å². The summed E-state index contributed by atoms with van der Waals surface area (Å²) in [6, 6.07) is 1.33. The second-order valence-electron chi connectivity index (χ2n) is 5.78. The molecule has 3 rings (SSSR count). The van der Waals surface area contributed by atoms with Crippen LogP contribution in [0, 0.1) is 5.92 Å². The van der Waals surface area contributed by atoms with Crippen LogP contribution in [0.5, 0.6) is 0 Å². The van der Waals surface area contributed by atoms with Gasteiger partial charge < -0.3 is 5.32 Å². The minimum absolute atomic E-state index is 0.307. The topological polar surface area (TPSA) is 59.8 Å². The van der Waals surface area contributed by atoms with E-state index in [9.17, 15) is 4.79 Å². The lowest BCUT2D eigenvalue weighted by Gasteiger charge is -2.28. The molecular formula is C13H20N4O. The zero-order chi connectivity index (χ0) is 12.5. The number of fused-ring (bicyclic) bond motifs is 2. The predicted molar refractivity (Wildman–Crippen MR) is 67.0 cm³/mol. The van der Waals surface area contributed by atoms with Crippen molar-refractivity contribution in [1.82, 2.24) is 20.3 Å². The van der Waals surface area contributed by atoms with E-state index in [1.54, 1.807) is 4.68 Å². The lowest BCUT2D eigenvalue weighted by atomic mass is 9.87. The van der Waals surface area contributed by atoms with Crippen LogP contribution in [-0.4, -0.2) is 32.9 Å². The summed E-state index contributed by atoms with van der Waals surface area (Å²) in [5, 5.41) is 11.4. The number of hydrogen-bond donors (Lipinski definition) is 1. The van der Waals surface area contributed by atoms with Gasteiger partial charge in [0, 0.05) is 31.7 Å². The van der Waals surface area contributed by atoms with Gasteiger partial charge in [-0.1, -0.05) is 5.21 Å². The first-order valence-electron chi connectivity index (χ1n) is 6.82. The van der Waals surface area contributed by atoms with Crippen LogP contribution >= 0.6 is 0 Å². The first-order chi connectivity index (χ1) is 8.69. The molecule has 0 aromatic carbocycles. The molecule has 1 N–H and O–H groups in total. The highest BCUT2D eigenvalue weighted by molar-refractivity contribution is 5.80. The Morgan fingerprint density at radius 3 is 2.78 bits per heavy atom. The van der Waals surface area contributed by atoms with E-state index in [0.29, 0.717) is 36.6 Å². The quantitative estimate of drug-likeness (QED) is 0.858. The van der Waals surface area contributed by atoms with Crippen LogP contribution in [0.15, 0.2) is 6.20 Å². The summed E-state index contributed by atoms with van der Waals surface area (Å²) in [5.74, 6) is 0.884. The van der Waals surface area contributed by atoms with E-state index in [1.165, 1.54) is 25.7 Å². The minimum atomic E-state index is 0.307. The van der Waals surface area contributed by atoms with Crippen LogP contribution in [0.2, 0.25) is 0 Å². The molecule has 2 aliphatic rings. The summed E-state index contributed by atoms with van der Waals surface area (Å²) < 4.78 is 1.65. The monoisotopic (exact) mass is 248 g/mol. The van der Waals surface area contributed by atoms with Crippen LogP contribution in [0.1, 0.15) is 37.8 Å². The number of aromatic nitrogens is 3. The largest absolute Gasteiger partial charge is 0.311 e. The van der Waals surface area contributed by atoms with E-state index < -0.39 is 0 Å². The molecule has 2 fully saturated rings. The molecule has 1 aromatic heterocycles. The molecule has 2 unspecified atom stereocenters. The van der Waals surface area contributed by atoms with Gasteiger partial charge in [0.1, 0.15) is 5.78 Å². The van der Waals surface area contributed by atoms with E-state index in [-0.39, 0.29) is 0 Å². The molecule has 0 saturated carbocycles. The van der Waals surface area contributed by atoms with Crippen molar-refractivity contribution in [2.45, 2.75) is 50.6 Å². The van der Waals surface area contributed by atoms with E-state index in [0.717, 1.165) is 5.69 Å². The molecular weight excluding hydrogens is 228 g/mol. The Kier molecular flexibility index (Phi) is 3.16. The number of rotatable bonds is 4. The SMILES string of the molecule is Cn1cc(CC(=O)CC2CC3CCC(C2)N3)nn1. The molecule has 3 heterocycles. The van der Waals surface area contributed by atoms with E-state index in [4.69, 9.17) is 0 Å². The maximum atomic E-state index is 12.0. The molecule has 2 aliphatic heterocycles. The number of aryl methyl sites for hydroxylation is 1. The molecule has 2 atom stereocenters. The number of Topliss-reactive ketones (excluding diaryl/α,β-unsaturated/α-hetero) is 1. The number of carbonyl (C=O) groups is 1. The van der Waals surface area contributed by atoms with Gasteiger partial charge in [-0.25, -0.2) is 0 Å². The van der Waals surface area contributed by atoms with Gasteiger partial charge in [0.2, 0.25) is 0 Å². The molecule has 0 aliphatic carbocycles. The summed E-state index contributed by atoms with van der Waals surface area (Å²) in [7, 11) is 1.82. The third kappa shape index (κ3) is 2.61. The van der Waals surface area contributed by atoms with Gasteiger partial charge >= 0.3 is 0 Å². The summed E-state index contributed by atoms with van der Waals surface area (Å²) in [4.78, 5) is 12.0. The van der Waals surface area contributed by atoms with Crippen molar-refractivity contribution in [3.8, 4) is 0 Å². The van der Waals surface area contributed by atoms with Crippen LogP contribution < -0.4 is 5.32 Å². The molecule has 18 heavy (non-hydrogen) atoms. The van der Waals surface area contributed by atoms with Crippen molar-refractivity contribution in [1.29, 1.82) is 0 Å². The molecule has 5 heteroatoms. The van der Waals surface area contributed by atoms with Gasteiger partial charge in [-0.05, 0) is 31.6 Å². The van der Waals surface area contributed by atoms with Crippen molar-refractivity contribution in [2.24, 2.45) is 13.0 Å². The Bertz CT molecular complexity index is 430. The Balaban J connectivity index is 1.52. The van der Waals surface area contributed by atoms with Crippen molar-refractivity contribution < 1.29 is 4.79 Å². The molecule has 5 nitrogen and oxygen atoms in total. The zero-order valence-corrected chi connectivity index (χ0v) is 10.8. The second-order valence-corrected chi connectivity index (χ2v) is 5.78. The maximum Gasteiger partial charge on any atom is 0.139 e. The van der Waals surface area contributed by atoms with Crippen LogP contribution in [-0.2, 0) is 18.3 Å². The van der Waals surface area contributed by atoms with Crippen molar-refractivity contribution >= 4 is 5.78 Å². The fraction of sp³-hybridized carbons (Fsp3) is 0.769. The fourth-order valence-electron chi connectivity index (χ4n) is 3.41. The molecule has 2 saturated heterocycles. The predicted octanol–water partition coefficient (Wildman–Crippen LogP) is 0.847. The van der Waals surface area contributed by atoms with E-state index in [1.807, 2.05) is 13.2 Å². The molecule has 0 amide bonds. The second kappa shape index (κ2) is 4.80. The van der Waals surface area contributed by atoms with Crippen LogP contribution in [0.3, 0.4) is 0 Å². The van der Waals surface area contributed by atoms with Gasteiger partial charge in [0.15, 0.2) is 0 Å². The standard InChI is InChI=1S/C13H20N4O/c1-17-8-12(15-16-17)7-13(18)6-9-4-10-2-3-11(5-9)14-10/h8-11,14H,2-7H2,1H3. The lowest BCUT2D eigenvalue weighted by molar-refractivity contribution is -0.119. The lowest BCUT2D eigenvalue weighted by Crippen LogP contribution is -2.38. The highest BCUT2D eigenvalue weighted by atomic mass is 16.1. The average Bonchev–Trinajstić information content (AvgIpc) is 2.85. The normalized spacial score (nSPS) is 30.6. The Labute approximate surface area is 107 Å². The Hall–Kier alpha value is -1.23. The smallest absolute Gasteiger partial charge is 0.139 e. The van der Waals surface area contributed by atoms with Gasteiger partial charge in [0.25, 0.3) is 0 Å². The first-order valence-corrected chi connectivity index (χ1v) is 6.82. The molecule has 0 spiro atoms. The van der Waals surface area contributed by atoms with Crippen molar-refractivity contribution in [3.63, 3.8) is 0 Å². The summed E-state index contributed by atoms with van der Waals surface area (Å²) in [5.41, 5.74) is 0.791. The number of carbonyl (C=O) groups excluding carboxylic acids is 1. The average molecular weight is 248 g/mol. The van der Waals surface area contributed by atoms with Crippen LogP contribution in [0.4, 0.5) is 0 Å². The van der Waals surface area contributed by atoms with Gasteiger partial charge in [-0.15, -0.1) is 5.10 Å². The summed E-state index contributed by atoms with van der Waals surface area (Å²) >= 11 is 0. The Morgan fingerprint density at radius 1 is 1.44 bits per heavy atom. The minimum Gasteiger partial charge on any atom is -0.311 e. The Morgan fingerprint density at radius 2 is 2.17 bits per heavy atom. The van der Waals surface area contributed by atoms with Gasteiger partial charge in [0.05, 0.1) is 12.1 Å². The molecule has 1 aromatic rings. The van der Waals surface area contributed by atoms with Crippen molar-refractivity contribution in [3.05, 3.63) is 11.9 Å².